The van der Waals surface area contributed by atoms with Crippen molar-refractivity contribution in [3.63, 3.8) is 0 Å². The number of allylic oxidation sites excluding steroid dienone is 1. The molecule has 1 fully saturated rings. The second kappa shape index (κ2) is 6.01. The van der Waals surface area contributed by atoms with Crippen LogP contribution < -0.4 is 10.6 Å². The van der Waals surface area contributed by atoms with E-state index in [0.29, 0.717) is 0 Å². The number of benzene rings is 1. The standard InChI is InChI=1S/C18H20N4O/c19-15-4-1-13(2-5-15)14-3-6-17-16(11-14)18(21-12-20-17)22-7-9-23-10-8-22/h1-2,4-5,11-12H,3,6-10,19H2. The van der Waals surface area contributed by atoms with Crippen molar-refractivity contribution in [2.45, 2.75) is 12.8 Å². The van der Waals surface area contributed by atoms with Crippen LogP contribution in [-0.4, -0.2) is 36.3 Å². The van der Waals surface area contributed by atoms with Crippen molar-refractivity contribution in [1.82, 2.24) is 9.97 Å². The molecule has 2 heterocycles. The number of morpholine rings is 1. The Morgan fingerprint density at radius 2 is 1.78 bits per heavy atom. The average Bonchev–Trinajstić information content (AvgIpc) is 2.62. The second-order valence-corrected chi connectivity index (χ2v) is 5.95. The van der Waals surface area contributed by atoms with Gasteiger partial charge in [0.2, 0.25) is 0 Å². The van der Waals surface area contributed by atoms with Crippen molar-refractivity contribution in [3.8, 4) is 0 Å². The van der Waals surface area contributed by atoms with Crippen LogP contribution >= 0.6 is 0 Å². The van der Waals surface area contributed by atoms with Gasteiger partial charge in [0, 0.05) is 24.3 Å². The number of aryl methyl sites for hydroxylation is 1. The van der Waals surface area contributed by atoms with Gasteiger partial charge in [0.25, 0.3) is 0 Å². The molecule has 2 N–H and O–H groups in total. The predicted octanol–water partition coefficient (Wildman–Crippen LogP) is 2.38. The topological polar surface area (TPSA) is 64.3 Å². The van der Waals surface area contributed by atoms with Crippen molar-refractivity contribution >= 4 is 23.2 Å². The third-order valence-corrected chi connectivity index (χ3v) is 4.49. The molecule has 1 aromatic heterocycles. The highest BCUT2D eigenvalue weighted by Crippen LogP contribution is 2.33. The number of nitrogens with zero attached hydrogens (tertiary/aromatic N) is 3. The van der Waals surface area contributed by atoms with Gasteiger partial charge in [0.1, 0.15) is 12.1 Å². The smallest absolute Gasteiger partial charge is 0.139 e. The van der Waals surface area contributed by atoms with E-state index < -0.39 is 0 Å². The monoisotopic (exact) mass is 308 g/mol. The molecule has 5 heteroatoms. The van der Waals surface area contributed by atoms with Crippen molar-refractivity contribution in [3.05, 3.63) is 47.4 Å². The van der Waals surface area contributed by atoms with Crippen LogP contribution in [0.2, 0.25) is 0 Å². The normalized spacial score (nSPS) is 17.6. The molecule has 0 unspecified atom stereocenters. The molecule has 4 rings (SSSR count). The molecular weight excluding hydrogens is 288 g/mol. The Labute approximate surface area is 135 Å². The second-order valence-electron chi connectivity index (χ2n) is 5.95. The Balaban J connectivity index is 1.73. The van der Waals surface area contributed by atoms with E-state index in [1.54, 1.807) is 6.33 Å². The SMILES string of the molecule is Nc1ccc(C2=Cc3c(ncnc3N3CCOCC3)CC2)cc1. The lowest BCUT2D eigenvalue weighted by Crippen LogP contribution is -2.37. The van der Waals surface area contributed by atoms with E-state index in [9.17, 15) is 0 Å². The summed E-state index contributed by atoms with van der Waals surface area (Å²) in [5.41, 5.74) is 11.4. The van der Waals surface area contributed by atoms with Gasteiger partial charge in [0.15, 0.2) is 0 Å². The molecule has 1 saturated heterocycles. The lowest BCUT2D eigenvalue weighted by molar-refractivity contribution is 0.122. The molecule has 0 spiro atoms. The van der Waals surface area contributed by atoms with Gasteiger partial charge in [-0.1, -0.05) is 12.1 Å². The molecule has 0 amide bonds. The van der Waals surface area contributed by atoms with Gasteiger partial charge in [-0.25, -0.2) is 9.97 Å². The molecule has 0 bridgehead atoms. The fourth-order valence-electron chi connectivity index (χ4n) is 3.22. The zero-order chi connectivity index (χ0) is 15.6. The summed E-state index contributed by atoms with van der Waals surface area (Å²) in [6.07, 6.45) is 5.88. The number of ether oxygens (including phenoxy) is 1. The summed E-state index contributed by atoms with van der Waals surface area (Å²) in [4.78, 5) is 11.3. The van der Waals surface area contributed by atoms with E-state index in [4.69, 9.17) is 10.5 Å². The van der Waals surface area contributed by atoms with E-state index in [1.807, 2.05) is 12.1 Å². The number of anilines is 2. The van der Waals surface area contributed by atoms with Gasteiger partial charge in [-0.15, -0.1) is 0 Å². The predicted molar refractivity (Wildman–Crippen MR) is 92.1 cm³/mol. The van der Waals surface area contributed by atoms with Gasteiger partial charge < -0.3 is 15.4 Å². The number of nitrogen functional groups attached to an aromatic ring is 1. The van der Waals surface area contributed by atoms with Crippen LogP contribution in [0.4, 0.5) is 11.5 Å². The number of hydrogen-bond acceptors (Lipinski definition) is 5. The highest BCUT2D eigenvalue weighted by atomic mass is 16.5. The van der Waals surface area contributed by atoms with Crippen molar-refractivity contribution in [1.29, 1.82) is 0 Å². The lowest BCUT2D eigenvalue weighted by Gasteiger charge is -2.30. The first-order valence-corrected chi connectivity index (χ1v) is 8.04. The molecule has 23 heavy (non-hydrogen) atoms. The van der Waals surface area contributed by atoms with E-state index in [1.165, 1.54) is 11.1 Å². The van der Waals surface area contributed by atoms with Crippen LogP contribution in [0.3, 0.4) is 0 Å². The molecule has 118 valence electrons. The maximum absolute atomic E-state index is 5.80. The molecule has 0 atom stereocenters. The minimum absolute atomic E-state index is 0.757. The van der Waals surface area contributed by atoms with Crippen molar-refractivity contribution in [2.24, 2.45) is 0 Å². The van der Waals surface area contributed by atoms with E-state index in [2.05, 4.69) is 33.1 Å². The Morgan fingerprint density at radius 3 is 2.57 bits per heavy atom. The zero-order valence-electron chi connectivity index (χ0n) is 13.0. The third-order valence-electron chi connectivity index (χ3n) is 4.49. The summed E-state index contributed by atoms with van der Waals surface area (Å²) in [5, 5.41) is 0. The summed E-state index contributed by atoms with van der Waals surface area (Å²) >= 11 is 0. The summed E-state index contributed by atoms with van der Waals surface area (Å²) in [6.45, 7) is 3.28. The molecule has 0 saturated carbocycles. The lowest BCUT2D eigenvalue weighted by atomic mass is 9.91. The van der Waals surface area contributed by atoms with E-state index in [0.717, 1.165) is 61.9 Å². The number of rotatable bonds is 2. The molecule has 1 aliphatic heterocycles. The van der Waals surface area contributed by atoms with Crippen LogP contribution in [-0.2, 0) is 11.2 Å². The van der Waals surface area contributed by atoms with Crippen LogP contribution in [0.5, 0.6) is 0 Å². The van der Waals surface area contributed by atoms with Crippen molar-refractivity contribution < 1.29 is 4.74 Å². The Hall–Kier alpha value is -2.40. The van der Waals surface area contributed by atoms with Gasteiger partial charge in [0.05, 0.1) is 18.9 Å². The maximum Gasteiger partial charge on any atom is 0.139 e. The Bertz CT molecular complexity index is 733. The summed E-state index contributed by atoms with van der Waals surface area (Å²) in [7, 11) is 0. The number of aromatic nitrogens is 2. The highest BCUT2D eigenvalue weighted by Gasteiger charge is 2.21. The highest BCUT2D eigenvalue weighted by molar-refractivity contribution is 5.87. The average molecular weight is 308 g/mol. The molecule has 0 radical (unpaired) electrons. The molecule has 2 aromatic rings. The largest absolute Gasteiger partial charge is 0.399 e. The van der Waals surface area contributed by atoms with Crippen LogP contribution in [0.15, 0.2) is 30.6 Å². The van der Waals surface area contributed by atoms with Crippen LogP contribution in [0.25, 0.3) is 11.6 Å². The zero-order valence-corrected chi connectivity index (χ0v) is 13.0. The number of hydrogen-bond donors (Lipinski definition) is 1. The van der Waals surface area contributed by atoms with Gasteiger partial charge >= 0.3 is 0 Å². The first-order valence-electron chi connectivity index (χ1n) is 8.04. The molecule has 5 nitrogen and oxygen atoms in total. The van der Waals surface area contributed by atoms with Gasteiger partial charge in [-0.05, 0) is 42.2 Å². The number of fused-ring (bicyclic) bond motifs is 1. The minimum Gasteiger partial charge on any atom is -0.399 e. The quantitative estimate of drug-likeness (QED) is 0.863. The third kappa shape index (κ3) is 2.80. The first kappa shape index (κ1) is 14.2. The number of nitrogens with two attached hydrogens (primary N) is 1. The molecule has 1 aliphatic carbocycles. The summed E-state index contributed by atoms with van der Waals surface area (Å²) in [5.74, 6) is 1.03. The van der Waals surface area contributed by atoms with Crippen LogP contribution in [0, 0.1) is 0 Å². The molecular formula is C18H20N4O. The summed E-state index contributed by atoms with van der Waals surface area (Å²) in [6, 6.07) is 8.08. The Morgan fingerprint density at radius 1 is 1.00 bits per heavy atom. The van der Waals surface area contributed by atoms with Crippen LogP contribution in [0.1, 0.15) is 23.2 Å². The van der Waals surface area contributed by atoms with Gasteiger partial charge in [-0.3, -0.25) is 0 Å². The van der Waals surface area contributed by atoms with Crippen molar-refractivity contribution in [2.75, 3.05) is 36.9 Å². The van der Waals surface area contributed by atoms with E-state index in [-0.39, 0.29) is 0 Å². The summed E-state index contributed by atoms with van der Waals surface area (Å²) < 4.78 is 5.45. The van der Waals surface area contributed by atoms with E-state index >= 15 is 0 Å². The fourth-order valence-corrected chi connectivity index (χ4v) is 3.22. The minimum atomic E-state index is 0.757. The first-order chi connectivity index (χ1) is 11.3. The fraction of sp³-hybridized carbons (Fsp3) is 0.333. The molecule has 2 aliphatic rings. The molecule has 1 aromatic carbocycles. The van der Waals surface area contributed by atoms with Gasteiger partial charge in [-0.2, -0.15) is 0 Å². The Kier molecular flexibility index (Phi) is 3.71. The maximum atomic E-state index is 5.80.